The molecule has 0 N–H and O–H groups in total. The smallest absolute Gasteiger partial charge is 0.326 e. The average Bonchev–Trinajstić information content (AvgIpc) is 2.93. The zero-order chi connectivity index (χ0) is 23.5. The fourth-order valence-corrected chi connectivity index (χ4v) is 5.89. The highest BCUT2D eigenvalue weighted by Gasteiger charge is 2.25. The highest BCUT2D eigenvalue weighted by molar-refractivity contribution is 7.57. The van der Waals surface area contributed by atoms with Crippen LogP contribution in [0.4, 0.5) is 0 Å². The lowest BCUT2D eigenvalue weighted by molar-refractivity contribution is 0.502. The third-order valence-corrected chi connectivity index (χ3v) is 7.55. The van der Waals surface area contributed by atoms with Gasteiger partial charge in [0, 0.05) is 5.56 Å². The summed E-state index contributed by atoms with van der Waals surface area (Å²) in [5, 5.41) is 5.83. The van der Waals surface area contributed by atoms with E-state index in [4.69, 9.17) is 9.05 Å². The summed E-state index contributed by atoms with van der Waals surface area (Å²) in [5.41, 5.74) is 2.33. The number of hydrogen-bond donors (Lipinski definition) is 0. The molecule has 0 spiro atoms. The Bertz CT molecular complexity index is 1550. The molecule has 0 aliphatic rings. The minimum absolute atomic E-state index is 0.784. The molecule has 0 fully saturated rings. The van der Waals surface area contributed by atoms with Crippen LogP contribution in [0.1, 0.15) is 0 Å². The molecule has 0 saturated heterocycles. The predicted molar refractivity (Wildman–Crippen MR) is 148 cm³/mol. The molecule has 0 saturated carbocycles. The Hall–Kier alpha value is -4.13. The minimum atomic E-state index is -1.48. The predicted octanol–water partition coefficient (Wildman–Crippen LogP) is 8.76. The van der Waals surface area contributed by atoms with Gasteiger partial charge in [0.2, 0.25) is 0 Å². The number of hydrogen-bond acceptors (Lipinski definition) is 2. The third-order valence-electron chi connectivity index (χ3n) is 6.03. The van der Waals surface area contributed by atoms with Crippen molar-refractivity contribution in [2.24, 2.45) is 0 Å². The van der Waals surface area contributed by atoms with E-state index in [9.17, 15) is 0 Å². The first-order valence-electron chi connectivity index (χ1n) is 11.6. The van der Waals surface area contributed by atoms with Gasteiger partial charge in [-0.15, -0.1) is 0 Å². The molecule has 0 unspecified atom stereocenters. The number of para-hydroxylation sites is 2. The van der Waals surface area contributed by atoms with E-state index in [-0.39, 0.29) is 0 Å². The largest absolute Gasteiger partial charge is 0.435 e. The second-order valence-corrected chi connectivity index (χ2v) is 9.63. The summed E-state index contributed by atoms with van der Waals surface area (Å²) < 4.78 is 13.1. The quantitative estimate of drug-likeness (QED) is 0.227. The lowest BCUT2D eigenvalue weighted by Gasteiger charge is -2.23. The zero-order valence-electron chi connectivity index (χ0n) is 19.0. The van der Waals surface area contributed by atoms with Crippen molar-refractivity contribution in [3.63, 3.8) is 0 Å². The summed E-state index contributed by atoms with van der Waals surface area (Å²) in [6.07, 6.45) is 0. The van der Waals surface area contributed by atoms with Crippen LogP contribution in [0.5, 0.6) is 11.5 Å². The topological polar surface area (TPSA) is 18.5 Å². The molecule has 6 aromatic rings. The average molecular weight is 471 g/mol. The van der Waals surface area contributed by atoms with Crippen LogP contribution in [0.3, 0.4) is 0 Å². The Morgan fingerprint density at radius 2 is 0.914 bits per heavy atom. The fourth-order valence-electron chi connectivity index (χ4n) is 4.41. The van der Waals surface area contributed by atoms with Gasteiger partial charge in [0.1, 0.15) is 11.5 Å². The Balaban J connectivity index is 1.60. The molecule has 0 amide bonds. The molecule has 0 aliphatic heterocycles. The van der Waals surface area contributed by atoms with Gasteiger partial charge in [0.25, 0.3) is 0 Å². The number of rotatable bonds is 6. The van der Waals surface area contributed by atoms with Crippen molar-refractivity contribution in [2.45, 2.75) is 0 Å². The van der Waals surface area contributed by atoms with Crippen LogP contribution in [-0.2, 0) is 0 Å². The van der Waals surface area contributed by atoms with Crippen LogP contribution in [-0.4, -0.2) is 0 Å². The maximum Gasteiger partial charge on any atom is 0.326 e. The van der Waals surface area contributed by atoms with Gasteiger partial charge in [0.15, 0.2) is 0 Å². The van der Waals surface area contributed by atoms with E-state index in [1.807, 2.05) is 60.7 Å². The van der Waals surface area contributed by atoms with E-state index in [0.29, 0.717) is 0 Å². The van der Waals surface area contributed by atoms with Gasteiger partial charge in [-0.25, -0.2) is 0 Å². The Labute approximate surface area is 206 Å². The molecular formula is C32H23O2P. The molecule has 0 aliphatic carbocycles. The lowest BCUT2D eigenvalue weighted by Crippen LogP contribution is -2.13. The van der Waals surface area contributed by atoms with Crippen LogP contribution in [0.2, 0.25) is 0 Å². The Morgan fingerprint density at radius 3 is 1.57 bits per heavy atom. The summed E-state index contributed by atoms with van der Waals surface area (Å²) in [5.74, 6) is 1.57. The first kappa shape index (κ1) is 21.4. The van der Waals surface area contributed by atoms with Crippen LogP contribution in [0.25, 0.3) is 32.7 Å². The minimum Gasteiger partial charge on any atom is -0.435 e. The molecule has 35 heavy (non-hydrogen) atoms. The van der Waals surface area contributed by atoms with E-state index in [1.54, 1.807) is 0 Å². The molecule has 3 heteroatoms. The van der Waals surface area contributed by atoms with Crippen molar-refractivity contribution in [1.82, 2.24) is 0 Å². The van der Waals surface area contributed by atoms with Crippen LogP contribution in [0.15, 0.2) is 140 Å². The Kier molecular flexibility index (Phi) is 5.88. The number of fused-ring (bicyclic) bond motifs is 2. The summed E-state index contributed by atoms with van der Waals surface area (Å²) in [4.78, 5) is 0. The molecule has 0 atom stereocenters. The highest BCUT2D eigenvalue weighted by atomic mass is 31.2. The molecule has 0 radical (unpaired) electrons. The van der Waals surface area contributed by atoms with Gasteiger partial charge in [-0.05, 0) is 57.4 Å². The van der Waals surface area contributed by atoms with E-state index >= 15 is 0 Å². The maximum absolute atomic E-state index is 6.57. The molecule has 0 aromatic heterocycles. The van der Waals surface area contributed by atoms with Crippen LogP contribution < -0.4 is 14.4 Å². The van der Waals surface area contributed by atoms with Crippen molar-refractivity contribution >= 4 is 35.2 Å². The summed E-state index contributed by atoms with van der Waals surface area (Å²) >= 11 is 0. The van der Waals surface area contributed by atoms with Gasteiger partial charge in [-0.1, -0.05) is 109 Å². The van der Waals surface area contributed by atoms with Crippen molar-refractivity contribution in [1.29, 1.82) is 0 Å². The molecule has 6 rings (SSSR count). The van der Waals surface area contributed by atoms with Crippen LogP contribution >= 0.6 is 8.38 Å². The molecular weight excluding hydrogens is 447 g/mol. The molecule has 0 heterocycles. The van der Waals surface area contributed by atoms with E-state index in [1.165, 1.54) is 27.1 Å². The van der Waals surface area contributed by atoms with Crippen molar-refractivity contribution < 1.29 is 9.05 Å². The van der Waals surface area contributed by atoms with Gasteiger partial charge in [-0.3, -0.25) is 0 Å². The van der Waals surface area contributed by atoms with Gasteiger partial charge < -0.3 is 9.05 Å². The van der Waals surface area contributed by atoms with Gasteiger partial charge >= 0.3 is 8.38 Å². The Morgan fingerprint density at radius 1 is 0.400 bits per heavy atom. The first-order valence-corrected chi connectivity index (χ1v) is 12.8. The molecule has 0 bridgehead atoms. The third kappa shape index (κ3) is 4.37. The van der Waals surface area contributed by atoms with Gasteiger partial charge in [-0.2, -0.15) is 0 Å². The van der Waals surface area contributed by atoms with E-state index < -0.39 is 8.38 Å². The zero-order valence-corrected chi connectivity index (χ0v) is 19.9. The fraction of sp³-hybridized carbons (Fsp3) is 0. The van der Waals surface area contributed by atoms with Crippen molar-refractivity contribution in [3.05, 3.63) is 140 Å². The standard InChI is InChI=1S/C32H23O2P/c1-3-15-26(16-4-1)33-35(34-27-17-5-2-6-18-27)31-23-22-25-13-8-10-20-29(25)32(31)30-21-11-14-24-12-7-9-19-28(24)30/h1-23H. The van der Waals surface area contributed by atoms with Crippen LogP contribution in [0, 0.1) is 0 Å². The monoisotopic (exact) mass is 470 g/mol. The summed E-state index contributed by atoms with van der Waals surface area (Å²) in [7, 11) is -1.48. The SMILES string of the molecule is c1ccc(OP(Oc2ccccc2)c2ccc3ccccc3c2-c2cccc3ccccc23)cc1. The summed E-state index contributed by atoms with van der Waals surface area (Å²) in [6.45, 7) is 0. The molecule has 168 valence electrons. The normalized spacial score (nSPS) is 11.1. The van der Waals surface area contributed by atoms with E-state index in [2.05, 4.69) is 78.9 Å². The maximum atomic E-state index is 6.57. The van der Waals surface area contributed by atoms with Crippen molar-refractivity contribution in [3.8, 4) is 22.6 Å². The second-order valence-electron chi connectivity index (χ2n) is 8.27. The van der Waals surface area contributed by atoms with Crippen molar-refractivity contribution in [2.75, 3.05) is 0 Å². The highest BCUT2D eigenvalue weighted by Crippen LogP contribution is 2.45. The second kappa shape index (κ2) is 9.62. The molecule has 6 aromatic carbocycles. The van der Waals surface area contributed by atoms with E-state index in [0.717, 1.165) is 22.4 Å². The summed E-state index contributed by atoms with van der Waals surface area (Å²) in [6, 6.07) is 47.7. The lowest BCUT2D eigenvalue weighted by atomic mass is 9.94. The number of benzene rings is 6. The first-order chi connectivity index (χ1) is 17.4. The van der Waals surface area contributed by atoms with Gasteiger partial charge in [0.05, 0.1) is 5.30 Å². The molecule has 2 nitrogen and oxygen atoms in total.